The molecular weight excluding hydrogens is 298 g/mol. The van der Waals surface area contributed by atoms with E-state index in [1.165, 1.54) is 11.1 Å². The van der Waals surface area contributed by atoms with Crippen LogP contribution < -0.4 is 10.1 Å². The van der Waals surface area contributed by atoms with Gasteiger partial charge in [-0.25, -0.2) is 0 Å². The van der Waals surface area contributed by atoms with E-state index in [0.29, 0.717) is 6.61 Å². The molecule has 1 aliphatic heterocycles. The highest BCUT2D eigenvalue weighted by molar-refractivity contribution is 5.97. The third-order valence-electron chi connectivity index (χ3n) is 5.09. The number of hydrogen-bond donors (Lipinski definition) is 1. The van der Waals surface area contributed by atoms with Gasteiger partial charge in [0, 0.05) is 29.0 Å². The first-order chi connectivity index (χ1) is 11.6. The fraction of sp³-hybridized carbons (Fsp3) is 0.286. The van der Waals surface area contributed by atoms with Crippen LogP contribution in [0.3, 0.4) is 0 Å². The molecule has 1 aliphatic carbocycles. The molecule has 0 radical (unpaired) electrons. The molecule has 24 heavy (non-hydrogen) atoms. The van der Waals surface area contributed by atoms with Gasteiger partial charge in [0.25, 0.3) is 0 Å². The van der Waals surface area contributed by atoms with Crippen LogP contribution >= 0.6 is 0 Å². The van der Waals surface area contributed by atoms with Crippen molar-refractivity contribution in [2.75, 3.05) is 5.32 Å². The second-order valence-electron chi connectivity index (χ2n) is 6.69. The van der Waals surface area contributed by atoms with Crippen LogP contribution in [0.15, 0.2) is 54.6 Å². The van der Waals surface area contributed by atoms with Gasteiger partial charge in [-0.05, 0) is 23.3 Å². The first-order valence-electron chi connectivity index (χ1n) is 8.48. The summed E-state index contributed by atoms with van der Waals surface area (Å²) in [7, 11) is 0. The van der Waals surface area contributed by atoms with Crippen molar-refractivity contribution in [3.8, 4) is 5.75 Å². The Labute approximate surface area is 142 Å². The van der Waals surface area contributed by atoms with Gasteiger partial charge in [0.05, 0.1) is 0 Å². The molecule has 2 aliphatic rings. The second kappa shape index (κ2) is 5.82. The molecule has 2 aromatic rings. The van der Waals surface area contributed by atoms with Crippen LogP contribution in [0.1, 0.15) is 42.4 Å². The van der Waals surface area contributed by atoms with Gasteiger partial charge >= 0.3 is 0 Å². The minimum absolute atomic E-state index is 0.0515. The lowest BCUT2D eigenvalue weighted by molar-refractivity contribution is -0.120. The highest BCUT2D eigenvalue weighted by atomic mass is 16.5. The largest absolute Gasteiger partial charge is 0.489 e. The first-order valence-corrected chi connectivity index (χ1v) is 8.48. The number of amides is 1. The van der Waals surface area contributed by atoms with Gasteiger partial charge in [-0.15, -0.1) is 0 Å². The minimum Gasteiger partial charge on any atom is -0.489 e. The van der Waals surface area contributed by atoms with Crippen molar-refractivity contribution in [2.24, 2.45) is 5.92 Å². The number of carbonyl (C=O) groups excluding carboxylic acids is 1. The van der Waals surface area contributed by atoms with Crippen LogP contribution in [0.4, 0.5) is 5.69 Å². The lowest BCUT2D eigenvalue weighted by atomic mass is 9.73. The van der Waals surface area contributed by atoms with Gasteiger partial charge in [0.15, 0.2) is 0 Å². The zero-order valence-electron chi connectivity index (χ0n) is 14.0. The molecule has 0 spiro atoms. The summed E-state index contributed by atoms with van der Waals surface area (Å²) in [6.45, 7) is 4.72. The molecule has 3 heteroatoms. The number of ether oxygens (including phenoxy) is 1. The Hall–Kier alpha value is -2.55. The van der Waals surface area contributed by atoms with Crippen molar-refractivity contribution in [3.05, 3.63) is 71.3 Å². The molecule has 0 aromatic heterocycles. The predicted molar refractivity (Wildman–Crippen MR) is 95.3 cm³/mol. The number of nitrogens with one attached hydrogen (secondary N) is 1. The maximum atomic E-state index is 12.2. The molecule has 122 valence electrons. The van der Waals surface area contributed by atoms with E-state index in [0.717, 1.165) is 17.0 Å². The zero-order valence-corrected chi connectivity index (χ0v) is 14.0. The zero-order chi connectivity index (χ0) is 16.7. The molecule has 1 N–H and O–H groups in total. The number of allylic oxidation sites excluding steroid dienone is 2. The number of rotatable bonds is 3. The van der Waals surface area contributed by atoms with Gasteiger partial charge in [0.1, 0.15) is 12.4 Å². The monoisotopic (exact) mass is 319 g/mol. The lowest BCUT2D eigenvalue weighted by Crippen LogP contribution is -2.33. The van der Waals surface area contributed by atoms with E-state index >= 15 is 0 Å². The van der Waals surface area contributed by atoms with E-state index in [4.69, 9.17) is 4.74 Å². The second-order valence-corrected chi connectivity index (χ2v) is 6.69. The maximum Gasteiger partial charge on any atom is 0.228 e. The molecule has 2 aromatic carbocycles. The van der Waals surface area contributed by atoms with E-state index in [1.807, 2.05) is 37.3 Å². The Bertz CT molecular complexity index is 810. The summed E-state index contributed by atoms with van der Waals surface area (Å²) in [6.07, 6.45) is 4.38. The van der Waals surface area contributed by atoms with Gasteiger partial charge in [0.2, 0.25) is 5.91 Å². The van der Waals surface area contributed by atoms with Crippen molar-refractivity contribution in [2.45, 2.75) is 32.3 Å². The third kappa shape index (κ3) is 2.41. The van der Waals surface area contributed by atoms with Crippen molar-refractivity contribution in [3.63, 3.8) is 0 Å². The van der Waals surface area contributed by atoms with Crippen molar-refractivity contribution in [1.29, 1.82) is 0 Å². The smallest absolute Gasteiger partial charge is 0.228 e. The molecule has 0 bridgehead atoms. The SMILES string of the molecule is C[C@@H]1C=C[C@H]2c3c(ccc(OCc4ccccc4)c31)NC(=O)[C@@H]2C. The van der Waals surface area contributed by atoms with Crippen LogP contribution in [-0.4, -0.2) is 5.91 Å². The fourth-order valence-electron chi connectivity index (χ4n) is 3.72. The Morgan fingerprint density at radius 2 is 1.79 bits per heavy atom. The Morgan fingerprint density at radius 3 is 2.58 bits per heavy atom. The molecule has 0 fully saturated rings. The summed E-state index contributed by atoms with van der Waals surface area (Å²) in [4.78, 5) is 12.2. The van der Waals surface area contributed by atoms with Crippen molar-refractivity contribution in [1.82, 2.24) is 0 Å². The Balaban J connectivity index is 1.72. The summed E-state index contributed by atoms with van der Waals surface area (Å²) >= 11 is 0. The quantitative estimate of drug-likeness (QED) is 0.839. The standard InChI is InChI=1S/C21H21NO2/c1-13-8-9-16-14(2)21(23)22-17-10-11-18(19(13)20(16)17)24-12-15-6-4-3-5-7-15/h3-11,13-14,16H,12H2,1-2H3,(H,22,23)/t13-,14-,16-/m1/s1. The molecule has 3 nitrogen and oxygen atoms in total. The molecular formula is C21H21NO2. The number of benzene rings is 2. The van der Waals surface area contributed by atoms with E-state index in [9.17, 15) is 4.79 Å². The molecule has 0 saturated heterocycles. The number of anilines is 1. The maximum absolute atomic E-state index is 12.2. The van der Waals surface area contributed by atoms with Gasteiger partial charge in [-0.1, -0.05) is 56.3 Å². The van der Waals surface area contributed by atoms with Crippen molar-refractivity contribution < 1.29 is 9.53 Å². The molecule has 0 saturated carbocycles. The number of hydrogen-bond acceptors (Lipinski definition) is 2. The predicted octanol–water partition coefficient (Wildman–Crippen LogP) is 4.61. The lowest BCUT2D eigenvalue weighted by Gasteiger charge is -2.35. The normalized spacial score (nSPS) is 24.2. The molecule has 1 amide bonds. The average molecular weight is 319 g/mol. The van der Waals surface area contributed by atoms with E-state index in [1.54, 1.807) is 0 Å². The Kier molecular flexibility index (Phi) is 3.64. The van der Waals surface area contributed by atoms with E-state index < -0.39 is 0 Å². The van der Waals surface area contributed by atoms with E-state index in [-0.39, 0.29) is 23.7 Å². The van der Waals surface area contributed by atoms with Crippen LogP contribution in [0.5, 0.6) is 5.75 Å². The molecule has 0 unspecified atom stereocenters. The molecule has 3 atom stereocenters. The van der Waals surface area contributed by atoms with E-state index in [2.05, 4.69) is 36.5 Å². The van der Waals surface area contributed by atoms with Gasteiger partial charge in [-0.3, -0.25) is 4.79 Å². The summed E-state index contributed by atoms with van der Waals surface area (Å²) in [5.41, 5.74) is 4.52. The topological polar surface area (TPSA) is 38.3 Å². The molecule has 4 rings (SSSR count). The highest BCUT2D eigenvalue weighted by Crippen LogP contribution is 2.48. The van der Waals surface area contributed by atoms with Gasteiger partial charge in [-0.2, -0.15) is 0 Å². The Morgan fingerprint density at radius 1 is 1.00 bits per heavy atom. The summed E-state index contributed by atoms with van der Waals surface area (Å²) < 4.78 is 6.15. The van der Waals surface area contributed by atoms with Crippen LogP contribution in [0.2, 0.25) is 0 Å². The highest BCUT2D eigenvalue weighted by Gasteiger charge is 2.36. The summed E-state index contributed by atoms with van der Waals surface area (Å²) in [6, 6.07) is 14.1. The first kappa shape index (κ1) is 15.0. The minimum atomic E-state index is -0.0515. The third-order valence-corrected chi connectivity index (χ3v) is 5.09. The summed E-state index contributed by atoms with van der Waals surface area (Å²) in [5.74, 6) is 1.38. The fourth-order valence-corrected chi connectivity index (χ4v) is 3.72. The van der Waals surface area contributed by atoms with Crippen LogP contribution in [-0.2, 0) is 11.4 Å². The average Bonchev–Trinajstić information content (AvgIpc) is 2.61. The van der Waals surface area contributed by atoms with Crippen molar-refractivity contribution >= 4 is 11.6 Å². The van der Waals surface area contributed by atoms with Crippen LogP contribution in [0, 0.1) is 5.92 Å². The summed E-state index contributed by atoms with van der Waals surface area (Å²) in [5, 5.41) is 3.04. The number of carbonyl (C=O) groups is 1. The van der Waals surface area contributed by atoms with Gasteiger partial charge < -0.3 is 10.1 Å². The van der Waals surface area contributed by atoms with Crippen LogP contribution in [0.25, 0.3) is 0 Å². The molecule has 1 heterocycles.